The highest BCUT2D eigenvalue weighted by molar-refractivity contribution is 6.11. The van der Waals surface area contributed by atoms with Crippen LogP contribution in [0.1, 0.15) is 102 Å². The molecule has 0 atom stereocenters. The highest BCUT2D eigenvalue weighted by Gasteiger charge is 2.29. The van der Waals surface area contributed by atoms with E-state index in [0.29, 0.717) is 0 Å². The standard InChI is InChI=1S/C41H39N.2C2H6/c1-4-6-13-38-35-14-10-11-15-36(35)39-18-12-17-34(28(3)41(38)39)32-26-22-30(23-27-32)29-20-24-31(25-21-29)33(5-2)37-16-8-7-9-19-40(37)42;2*1-2/h4-6,10-11,13-15,17-18,20-27,42H,2,7-9,12,16,19H2,1,3H3;2*1-2H3/b6-4-,37-33+,38-13-,42-40?;;. The van der Waals surface area contributed by atoms with Gasteiger partial charge >= 0.3 is 0 Å². The lowest BCUT2D eigenvalue weighted by Gasteiger charge is -2.14. The fourth-order valence-electron chi connectivity index (χ4n) is 6.74. The molecule has 6 rings (SSSR count). The van der Waals surface area contributed by atoms with Crippen LogP contribution in [-0.4, -0.2) is 5.71 Å². The lowest BCUT2D eigenvalue weighted by atomic mass is 9.90. The second kappa shape index (κ2) is 16.7. The molecule has 0 radical (unpaired) electrons. The van der Waals surface area contributed by atoms with E-state index in [9.17, 15) is 0 Å². The third-order valence-electron chi connectivity index (χ3n) is 8.90. The second-order valence-electron chi connectivity index (χ2n) is 11.4. The predicted molar refractivity (Wildman–Crippen MR) is 205 cm³/mol. The van der Waals surface area contributed by atoms with E-state index in [2.05, 4.69) is 124 Å². The maximum atomic E-state index is 8.57. The molecule has 0 spiro atoms. The van der Waals surface area contributed by atoms with E-state index >= 15 is 0 Å². The first-order valence-corrected chi connectivity index (χ1v) is 17.3. The molecule has 46 heavy (non-hydrogen) atoms. The summed E-state index contributed by atoms with van der Waals surface area (Å²) in [5.41, 5.74) is 17.2. The van der Waals surface area contributed by atoms with Crippen molar-refractivity contribution in [2.24, 2.45) is 0 Å². The Bertz CT molecular complexity index is 1730. The van der Waals surface area contributed by atoms with Crippen molar-refractivity contribution in [3.63, 3.8) is 0 Å². The van der Waals surface area contributed by atoms with Crippen molar-refractivity contribution >= 4 is 28.0 Å². The number of fused-ring (bicyclic) bond motifs is 3. The van der Waals surface area contributed by atoms with Gasteiger partial charge in [0.05, 0.1) is 0 Å². The fraction of sp³-hybridized carbons (Fsp3) is 0.267. The number of hydrogen-bond donors (Lipinski definition) is 1. The number of hydrogen-bond acceptors (Lipinski definition) is 1. The van der Waals surface area contributed by atoms with Gasteiger partial charge in [-0.15, -0.1) is 0 Å². The monoisotopic (exact) mass is 605 g/mol. The first-order valence-electron chi connectivity index (χ1n) is 17.3. The SMILES string of the molecule is C=C/C(=C1/CCCCCC1=N)c1ccc(-c2ccc(C3=CCC=C4C(=C3C)/C(=C\C=C/C)c3ccccc34)cc2)cc1.CC.CC. The van der Waals surface area contributed by atoms with Gasteiger partial charge in [0.1, 0.15) is 0 Å². The molecule has 236 valence electrons. The van der Waals surface area contributed by atoms with Crippen LogP contribution in [0.4, 0.5) is 0 Å². The Morgan fingerprint density at radius 3 is 1.96 bits per heavy atom. The average molecular weight is 606 g/mol. The van der Waals surface area contributed by atoms with Crippen LogP contribution in [0.5, 0.6) is 0 Å². The quantitative estimate of drug-likeness (QED) is 0.280. The van der Waals surface area contributed by atoms with Crippen LogP contribution in [0.25, 0.3) is 33.4 Å². The molecule has 3 aliphatic rings. The van der Waals surface area contributed by atoms with Crippen LogP contribution in [0.2, 0.25) is 0 Å². The van der Waals surface area contributed by atoms with E-state index in [1.165, 1.54) is 67.7 Å². The average Bonchev–Trinajstić information content (AvgIpc) is 3.20. The topological polar surface area (TPSA) is 23.9 Å². The smallest absolute Gasteiger partial charge is 0.0352 e. The molecule has 0 bridgehead atoms. The summed E-state index contributed by atoms with van der Waals surface area (Å²) in [5.74, 6) is 0. The number of nitrogens with one attached hydrogen (secondary N) is 1. The fourth-order valence-corrected chi connectivity index (χ4v) is 6.74. The van der Waals surface area contributed by atoms with Crippen molar-refractivity contribution in [2.75, 3.05) is 0 Å². The number of rotatable bonds is 5. The molecule has 1 fully saturated rings. The van der Waals surface area contributed by atoms with E-state index in [1.54, 1.807) is 0 Å². The molecule has 1 N–H and O–H groups in total. The lowest BCUT2D eigenvalue weighted by Crippen LogP contribution is -2.02. The zero-order chi connectivity index (χ0) is 33.1. The first-order chi connectivity index (χ1) is 22.6. The molecule has 3 aromatic carbocycles. The van der Waals surface area contributed by atoms with E-state index < -0.39 is 0 Å². The van der Waals surface area contributed by atoms with Crippen molar-refractivity contribution in [1.82, 2.24) is 0 Å². The summed E-state index contributed by atoms with van der Waals surface area (Å²) in [4.78, 5) is 0. The summed E-state index contributed by atoms with van der Waals surface area (Å²) in [6.07, 6.45) is 19.5. The van der Waals surface area contributed by atoms with Crippen molar-refractivity contribution in [1.29, 1.82) is 5.41 Å². The summed E-state index contributed by atoms with van der Waals surface area (Å²) >= 11 is 0. The molecule has 0 amide bonds. The Kier molecular flexibility index (Phi) is 12.5. The molecule has 0 aliphatic heterocycles. The normalized spacial score (nSPS) is 17.8. The van der Waals surface area contributed by atoms with Gasteiger partial charge < -0.3 is 5.41 Å². The largest absolute Gasteiger partial charge is 0.305 e. The van der Waals surface area contributed by atoms with E-state index in [-0.39, 0.29) is 0 Å². The van der Waals surface area contributed by atoms with E-state index in [0.717, 1.165) is 49.0 Å². The van der Waals surface area contributed by atoms with Crippen LogP contribution >= 0.6 is 0 Å². The van der Waals surface area contributed by atoms with Gasteiger partial charge in [0.2, 0.25) is 0 Å². The maximum absolute atomic E-state index is 8.57. The van der Waals surface area contributed by atoms with Crippen molar-refractivity contribution in [2.45, 2.75) is 80.1 Å². The molecule has 3 aliphatic carbocycles. The minimum atomic E-state index is 0.786. The minimum Gasteiger partial charge on any atom is -0.305 e. The Hall–Kier alpha value is -4.49. The molecule has 0 saturated heterocycles. The highest BCUT2D eigenvalue weighted by atomic mass is 14.4. The van der Waals surface area contributed by atoms with Crippen molar-refractivity contribution in [3.8, 4) is 11.1 Å². The molecule has 0 unspecified atom stereocenters. The molecular formula is C45H51N. The van der Waals surface area contributed by atoms with Crippen LogP contribution in [0.15, 0.2) is 133 Å². The predicted octanol–water partition coefficient (Wildman–Crippen LogP) is 13.5. The molecule has 0 aromatic heterocycles. The summed E-state index contributed by atoms with van der Waals surface area (Å²) in [6, 6.07) is 26.6. The third-order valence-corrected chi connectivity index (χ3v) is 8.90. The van der Waals surface area contributed by atoms with Gasteiger partial charge in [-0.3, -0.25) is 0 Å². The summed E-state index contributed by atoms with van der Waals surface area (Å²) in [5, 5.41) is 8.57. The Morgan fingerprint density at radius 1 is 0.717 bits per heavy atom. The Labute approximate surface area is 278 Å². The number of allylic oxidation sites excluding steroid dienone is 13. The van der Waals surface area contributed by atoms with Gasteiger partial charge in [0.15, 0.2) is 0 Å². The van der Waals surface area contributed by atoms with E-state index in [4.69, 9.17) is 5.41 Å². The molecule has 1 nitrogen and oxygen atoms in total. The minimum absolute atomic E-state index is 0.786. The Morgan fingerprint density at radius 2 is 1.30 bits per heavy atom. The third kappa shape index (κ3) is 7.15. The lowest BCUT2D eigenvalue weighted by molar-refractivity contribution is 0.724. The van der Waals surface area contributed by atoms with Gasteiger partial charge in [-0.25, -0.2) is 0 Å². The van der Waals surface area contributed by atoms with Crippen molar-refractivity contribution in [3.05, 3.63) is 155 Å². The summed E-state index contributed by atoms with van der Waals surface area (Å²) in [6.45, 7) is 16.5. The van der Waals surface area contributed by atoms with Gasteiger partial charge in [0.25, 0.3) is 0 Å². The Balaban J connectivity index is 0.00000116. The van der Waals surface area contributed by atoms with Crippen LogP contribution in [0.3, 0.4) is 0 Å². The summed E-state index contributed by atoms with van der Waals surface area (Å²) in [7, 11) is 0. The molecule has 1 heteroatoms. The zero-order valence-electron chi connectivity index (χ0n) is 28.8. The highest BCUT2D eigenvalue weighted by Crippen LogP contribution is 2.50. The van der Waals surface area contributed by atoms with Crippen molar-refractivity contribution < 1.29 is 0 Å². The van der Waals surface area contributed by atoms with E-state index in [1.807, 2.05) is 33.8 Å². The van der Waals surface area contributed by atoms with Gasteiger partial charge in [-0.2, -0.15) is 0 Å². The first kappa shape index (κ1) is 34.4. The molecule has 0 heterocycles. The molecular weight excluding hydrogens is 555 g/mol. The van der Waals surface area contributed by atoms with Gasteiger partial charge in [-0.1, -0.05) is 150 Å². The van der Waals surface area contributed by atoms with Crippen LogP contribution < -0.4 is 0 Å². The molecule has 3 aromatic rings. The van der Waals surface area contributed by atoms with Gasteiger partial charge in [-0.05, 0) is 118 Å². The second-order valence-corrected chi connectivity index (χ2v) is 11.4. The molecule has 1 saturated carbocycles. The summed E-state index contributed by atoms with van der Waals surface area (Å²) < 4.78 is 0. The number of benzene rings is 3. The van der Waals surface area contributed by atoms with Gasteiger partial charge in [0, 0.05) is 5.71 Å². The van der Waals surface area contributed by atoms with Crippen LogP contribution in [0, 0.1) is 5.41 Å². The van der Waals surface area contributed by atoms with Crippen LogP contribution in [-0.2, 0) is 0 Å². The zero-order valence-corrected chi connectivity index (χ0v) is 28.8. The maximum Gasteiger partial charge on any atom is 0.0352 e.